The highest BCUT2D eigenvalue weighted by atomic mass is 16.7. The van der Waals surface area contributed by atoms with E-state index in [0.29, 0.717) is 12.8 Å². The quantitative estimate of drug-likeness (QED) is 0.624. The van der Waals surface area contributed by atoms with E-state index in [1.807, 2.05) is 0 Å². The van der Waals surface area contributed by atoms with Gasteiger partial charge in [0.2, 0.25) is 5.91 Å². The Balaban J connectivity index is 2.43. The molecule has 80 valence electrons. The fourth-order valence-corrected chi connectivity index (χ4v) is 1.65. The Bertz CT molecular complexity index is 246. The highest BCUT2D eigenvalue weighted by Crippen LogP contribution is 2.52. The van der Waals surface area contributed by atoms with Crippen molar-refractivity contribution in [3.05, 3.63) is 0 Å². The maximum absolute atomic E-state index is 11.5. The molecule has 14 heavy (non-hydrogen) atoms. The Morgan fingerprint density at radius 3 is 2.29 bits per heavy atom. The van der Waals surface area contributed by atoms with Gasteiger partial charge in [0, 0.05) is 19.9 Å². The van der Waals surface area contributed by atoms with Gasteiger partial charge in [0.1, 0.15) is 5.78 Å². The molecule has 1 aliphatic rings. The second-order valence-electron chi connectivity index (χ2n) is 4.13. The third-order valence-electron chi connectivity index (χ3n) is 2.73. The number of Topliss-reactive ketones (excluding diaryl/α,β-unsaturated/α-hetero) is 1. The number of hydrogen-bond donors (Lipinski definition) is 0. The van der Waals surface area contributed by atoms with Gasteiger partial charge in [-0.2, -0.15) is 0 Å². The molecular weight excluding hydrogens is 182 g/mol. The van der Waals surface area contributed by atoms with Crippen molar-refractivity contribution in [3.8, 4) is 0 Å². The average molecular weight is 199 g/mol. The summed E-state index contributed by atoms with van der Waals surface area (Å²) in [5.41, 5.74) is -0.0459. The number of carbonyl (C=O) groups is 2. The maximum Gasteiger partial charge on any atom is 0.246 e. The highest BCUT2D eigenvalue weighted by Gasteiger charge is 2.45. The molecular formula is C10H17NO3. The number of carbonyl (C=O) groups excluding carboxylic acids is 2. The Morgan fingerprint density at radius 1 is 1.36 bits per heavy atom. The van der Waals surface area contributed by atoms with Crippen LogP contribution >= 0.6 is 0 Å². The summed E-state index contributed by atoms with van der Waals surface area (Å²) in [6.45, 7) is 1.57. The normalized spacial score (nSPS) is 17.6. The lowest BCUT2D eigenvalue weighted by Crippen LogP contribution is -2.28. The van der Waals surface area contributed by atoms with E-state index in [4.69, 9.17) is 4.84 Å². The van der Waals surface area contributed by atoms with E-state index in [0.717, 1.165) is 12.8 Å². The van der Waals surface area contributed by atoms with Crippen LogP contribution in [0, 0.1) is 5.41 Å². The number of ketones is 1. The van der Waals surface area contributed by atoms with Crippen molar-refractivity contribution in [3.63, 3.8) is 0 Å². The van der Waals surface area contributed by atoms with Crippen molar-refractivity contribution >= 4 is 11.7 Å². The molecule has 1 rings (SSSR count). The van der Waals surface area contributed by atoms with Crippen molar-refractivity contribution in [2.24, 2.45) is 5.41 Å². The molecule has 0 bridgehead atoms. The average Bonchev–Trinajstić information content (AvgIpc) is 2.82. The Kier molecular flexibility index (Phi) is 3.26. The predicted molar refractivity (Wildman–Crippen MR) is 51.4 cm³/mol. The Labute approximate surface area is 84.2 Å². The van der Waals surface area contributed by atoms with Gasteiger partial charge >= 0.3 is 0 Å². The van der Waals surface area contributed by atoms with Crippen LogP contribution < -0.4 is 0 Å². The molecule has 0 N–H and O–H groups in total. The molecule has 1 saturated carbocycles. The van der Waals surface area contributed by atoms with Gasteiger partial charge in [-0.3, -0.25) is 9.63 Å². The summed E-state index contributed by atoms with van der Waals surface area (Å²) in [6.07, 6.45) is 2.92. The summed E-state index contributed by atoms with van der Waals surface area (Å²) in [5, 5.41) is 1.22. The van der Waals surface area contributed by atoms with Crippen LogP contribution in [0.5, 0.6) is 0 Å². The van der Waals surface area contributed by atoms with E-state index < -0.39 is 0 Å². The largest absolute Gasteiger partial charge is 0.300 e. The topological polar surface area (TPSA) is 46.6 Å². The van der Waals surface area contributed by atoms with Crippen LogP contribution in [-0.4, -0.2) is 30.9 Å². The monoisotopic (exact) mass is 199 g/mol. The lowest BCUT2D eigenvalue weighted by atomic mass is 9.95. The van der Waals surface area contributed by atoms with E-state index in [2.05, 4.69) is 0 Å². The first kappa shape index (κ1) is 11.2. The van der Waals surface area contributed by atoms with Crippen LogP contribution in [0.15, 0.2) is 0 Å². The minimum Gasteiger partial charge on any atom is -0.300 e. The van der Waals surface area contributed by atoms with Gasteiger partial charge in [-0.1, -0.05) is 0 Å². The molecule has 0 atom stereocenters. The second kappa shape index (κ2) is 4.09. The maximum atomic E-state index is 11.5. The number of rotatable bonds is 5. The van der Waals surface area contributed by atoms with E-state index in [1.54, 1.807) is 14.0 Å². The van der Waals surface area contributed by atoms with Gasteiger partial charge in [0.05, 0.1) is 7.11 Å². The lowest BCUT2D eigenvalue weighted by molar-refractivity contribution is -0.170. The zero-order valence-corrected chi connectivity index (χ0v) is 9.00. The molecule has 0 aromatic carbocycles. The van der Waals surface area contributed by atoms with Crippen LogP contribution in [0.1, 0.15) is 32.6 Å². The first-order chi connectivity index (χ1) is 6.49. The van der Waals surface area contributed by atoms with Crippen molar-refractivity contribution in [1.82, 2.24) is 5.06 Å². The molecule has 4 nitrogen and oxygen atoms in total. The van der Waals surface area contributed by atoms with Crippen LogP contribution in [0.4, 0.5) is 0 Å². The fraction of sp³-hybridized carbons (Fsp3) is 0.800. The van der Waals surface area contributed by atoms with Gasteiger partial charge in [-0.15, -0.1) is 0 Å². The Hall–Kier alpha value is -0.900. The molecule has 0 heterocycles. The Morgan fingerprint density at radius 2 is 1.93 bits per heavy atom. The molecule has 0 radical (unpaired) electrons. The fourth-order valence-electron chi connectivity index (χ4n) is 1.65. The van der Waals surface area contributed by atoms with E-state index in [1.165, 1.54) is 12.2 Å². The standard InChI is InChI=1S/C10H17NO3/c1-8(12)6-10(4-5-10)7-9(13)11(2)14-3/h4-7H2,1-3H3. The first-order valence-electron chi connectivity index (χ1n) is 4.79. The minimum atomic E-state index is -0.0498. The molecule has 0 saturated heterocycles. The van der Waals surface area contributed by atoms with Crippen molar-refractivity contribution in [2.75, 3.05) is 14.2 Å². The van der Waals surface area contributed by atoms with Gasteiger partial charge < -0.3 is 4.79 Å². The second-order valence-corrected chi connectivity index (χ2v) is 4.13. The number of nitrogens with zero attached hydrogens (tertiary/aromatic N) is 1. The highest BCUT2D eigenvalue weighted by molar-refractivity contribution is 5.80. The van der Waals surface area contributed by atoms with Crippen molar-refractivity contribution in [2.45, 2.75) is 32.6 Å². The molecule has 1 amide bonds. The predicted octanol–water partition coefficient (Wildman–Crippen LogP) is 1.16. The summed E-state index contributed by atoms with van der Waals surface area (Å²) in [4.78, 5) is 27.3. The van der Waals surface area contributed by atoms with Gasteiger partial charge in [0.15, 0.2) is 0 Å². The summed E-state index contributed by atoms with van der Waals surface area (Å²) in [7, 11) is 3.05. The molecule has 4 heteroatoms. The van der Waals surface area contributed by atoms with Gasteiger partial charge in [-0.05, 0) is 25.2 Å². The van der Waals surface area contributed by atoms with Crippen LogP contribution in [0.2, 0.25) is 0 Å². The third kappa shape index (κ3) is 2.80. The molecule has 0 aromatic rings. The molecule has 1 fully saturated rings. The molecule has 1 aliphatic carbocycles. The van der Waals surface area contributed by atoms with Crippen LogP contribution in [0.25, 0.3) is 0 Å². The van der Waals surface area contributed by atoms with Crippen molar-refractivity contribution < 1.29 is 14.4 Å². The summed E-state index contributed by atoms with van der Waals surface area (Å²) < 4.78 is 0. The number of hydrogen-bond acceptors (Lipinski definition) is 3. The van der Waals surface area contributed by atoms with E-state index >= 15 is 0 Å². The zero-order chi connectivity index (χ0) is 10.8. The number of hydroxylamine groups is 2. The number of amides is 1. The van der Waals surface area contributed by atoms with E-state index in [9.17, 15) is 9.59 Å². The summed E-state index contributed by atoms with van der Waals surface area (Å²) in [5.74, 6) is 0.113. The van der Waals surface area contributed by atoms with Crippen molar-refractivity contribution in [1.29, 1.82) is 0 Å². The molecule has 0 aromatic heterocycles. The van der Waals surface area contributed by atoms with Crippen LogP contribution in [0.3, 0.4) is 0 Å². The van der Waals surface area contributed by atoms with Gasteiger partial charge in [-0.25, -0.2) is 5.06 Å². The summed E-state index contributed by atoms with van der Waals surface area (Å²) >= 11 is 0. The third-order valence-corrected chi connectivity index (χ3v) is 2.73. The van der Waals surface area contributed by atoms with Gasteiger partial charge in [0.25, 0.3) is 0 Å². The lowest BCUT2D eigenvalue weighted by Gasteiger charge is -2.18. The molecule has 0 unspecified atom stereocenters. The molecule has 0 spiro atoms. The molecule has 0 aliphatic heterocycles. The summed E-state index contributed by atoms with van der Waals surface area (Å²) in [6, 6.07) is 0. The van der Waals surface area contributed by atoms with E-state index in [-0.39, 0.29) is 17.1 Å². The first-order valence-corrected chi connectivity index (χ1v) is 4.79. The SMILES string of the molecule is CON(C)C(=O)CC1(CC(C)=O)CC1. The smallest absolute Gasteiger partial charge is 0.246 e. The minimum absolute atomic E-state index is 0.0459. The zero-order valence-electron chi connectivity index (χ0n) is 9.00. The van der Waals surface area contributed by atoms with Crippen LogP contribution in [-0.2, 0) is 14.4 Å².